The zero-order valence-electron chi connectivity index (χ0n) is 14.9. The molecule has 0 saturated heterocycles. The molecule has 3 rings (SSSR count). The minimum atomic E-state index is -0.124. The van der Waals surface area contributed by atoms with Crippen molar-refractivity contribution in [3.8, 4) is 5.75 Å². The number of benzene rings is 3. The summed E-state index contributed by atoms with van der Waals surface area (Å²) in [7, 11) is 0. The van der Waals surface area contributed by atoms with Crippen LogP contribution in [0, 0.1) is 13.8 Å². The van der Waals surface area contributed by atoms with Gasteiger partial charge in [0, 0.05) is 0 Å². The largest absolute Gasteiger partial charge is 0.484 e. The average Bonchev–Trinajstić information content (AvgIpc) is 2.59. The first-order chi connectivity index (χ1) is 12.0. The molecule has 0 fully saturated rings. The van der Waals surface area contributed by atoms with Crippen molar-refractivity contribution in [3.63, 3.8) is 0 Å². The number of rotatable bonds is 5. The van der Waals surface area contributed by atoms with Gasteiger partial charge in [0.1, 0.15) is 5.75 Å². The van der Waals surface area contributed by atoms with Gasteiger partial charge in [0.05, 0.1) is 6.04 Å². The Kier molecular flexibility index (Phi) is 5.03. The van der Waals surface area contributed by atoms with Crippen LogP contribution in [0.15, 0.2) is 60.7 Å². The molecule has 128 valence electrons. The van der Waals surface area contributed by atoms with Gasteiger partial charge in [-0.2, -0.15) is 0 Å². The molecule has 0 aliphatic rings. The molecular weight excluding hydrogens is 310 g/mol. The van der Waals surface area contributed by atoms with Crippen LogP contribution in [0.3, 0.4) is 0 Å². The Balaban J connectivity index is 1.60. The first-order valence-corrected chi connectivity index (χ1v) is 8.51. The molecule has 0 aromatic heterocycles. The van der Waals surface area contributed by atoms with Crippen LogP contribution in [0.2, 0.25) is 0 Å². The van der Waals surface area contributed by atoms with E-state index < -0.39 is 0 Å². The monoisotopic (exact) mass is 333 g/mol. The van der Waals surface area contributed by atoms with Gasteiger partial charge in [0.15, 0.2) is 6.61 Å². The van der Waals surface area contributed by atoms with Crippen LogP contribution in [0.25, 0.3) is 10.8 Å². The van der Waals surface area contributed by atoms with Gasteiger partial charge < -0.3 is 10.1 Å². The average molecular weight is 333 g/mol. The number of amides is 1. The van der Waals surface area contributed by atoms with E-state index in [4.69, 9.17) is 4.74 Å². The minimum absolute atomic E-state index is 0.00753. The second-order valence-electron chi connectivity index (χ2n) is 6.45. The summed E-state index contributed by atoms with van der Waals surface area (Å²) in [6.07, 6.45) is 0. The zero-order valence-corrected chi connectivity index (χ0v) is 14.9. The molecule has 0 spiro atoms. The molecule has 0 bridgehead atoms. The van der Waals surface area contributed by atoms with Crippen LogP contribution in [-0.2, 0) is 4.79 Å². The lowest BCUT2D eigenvalue weighted by atomic mass is 10.0. The fourth-order valence-electron chi connectivity index (χ4n) is 3.08. The molecule has 0 heterocycles. The van der Waals surface area contributed by atoms with Crippen LogP contribution >= 0.6 is 0 Å². The quantitative estimate of drug-likeness (QED) is 0.734. The summed E-state index contributed by atoms with van der Waals surface area (Å²) in [6.45, 7) is 6.13. The third kappa shape index (κ3) is 4.18. The number of carbonyl (C=O) groups excluding carboxylic acids is 1. The molecular formula is C22H23NO2. The van der Waals surface area contributed by atoms with Gasteiger partial charge in [0.2, 0.25) is 0 Å². The summed E-state index contributed by atoms with van der Waals surface area (Å²) in [5, 5.41) is 5.26. The summed E-state index contributed by atoms with van der Waals surface area (Å²) >= 11 is 0. The zero-order chi connectivity index (χ0) is 17.8. The van der Waals surface area contributed by atoms with Crippen molar-refractivity contribution in [2.45, 2.75) is 26.8 Å². The molecule has 0 unspecified atom stereocenters. The maximum atomic E-state index is 12.2. The highest BCUT2D eigenvalue weighted by atomic mass is 16.5. The number of ether oxygens (including phenoxy) is 1. The fraction of sp³-hybridized carbons (Fsp3) is 0.227. The summed E-state index contributed by atoms with van der Waals surface area (Å²) in [6, 6.07) is 20.1. The minimum Gasteiger partial charge on any atom is -0.484 e. The van der Waals surface area contributed by atoms with E-state index in [0.717, 1.165) is 16.3 Å². The maximum absolute atomic E-state index is 12.2. The molecule has 0 radical (unpaired) electrons. The van der Waals surface area contributed by atoms with E-state index in [0.29, 0.717) is 5.75 Å². The van der Waals surface area contributed by atoms with Crippen LogP contribution in [0.5, 0.6) is 5.75 Å². The van der Waals surface area contributed by atoms with Crippen molar-refractivity contribution in [3.05, 3.63) is 77.4 Å². The number of hydrogen-bond donors (Lipinski definition) is 1. The van der Waals surface area contributed by atoms with Crippen LogP contribution in [0.1, 0.15) is 29.7 Å². The normalized spacial score (nSPS) is 12.0. The summed E-state index contributed by atoms with van der Waals surface area (Å²) in [5.74, 6) is 0.577. The van der Waals surface area contributed by atoms with Gasteiger partial charge in [-0.3, -0.25) is 4.79 Å². The van der Waals surface area contributed by atoms with E-state index in [-0.39, 0.29) is 18.6 Å². The van der Waals surface area contributed by atoms with Gasteiger partial charge in [-0.05, 0) is 54.8 Å². The Bertz CT molecular complexity index is 901. The lowest BCUT2D eigenvalue weighted by molar-refractivity contribution is -0.123. The number of carbonyl (C=O) groups is 1. The van der Waals surface area contributed by atoms with E-state index in [1.54, 1.807) is 0 Å². The van der Waals surface area contributed by atoms with Gasteiger partial charge in [-0.1, -0.05) is 54.1 Å². The Morgan fingerprint density at radius 3 is 2.52 bits per heavy atom. The van der Waals surface area contributed by atoms with Crippen molar-refractivity contribution in [2.24, 2.45) is 0 Å². The first-order valence-electron chi connectivity index (χ1n) is 8.51. The fourth-order valence-corrected chi connectivity index (χ4v) is 3.08. The Labute approximate surface area is 148 Å². The van der Waals surface area contributed by atoms with Crippen molar-refractivity contribution in [1.82, 2.24) is 5.32 Å². The van der Waals surface area contributed by atoms with E-state index in [2.05, 4.69) is 43.4 Å². The van der Waals surface area contributed by atoms with Gasteiger partial charge >= 0.3 is 0 Å². The summed E-state index contributed by atoms with van der Waals surface area (Å²) in [5.41, 5.74) is 3.53. The second-order valence-corrected chi connectivity index (χ2v) is 6.45. The summed E-state index contributed by atoms with van der Waals surface area (Å²) < 4.78 is 5.65. The molecule has 25 heavy (non-hydrogen) atoms. The van der Waals surface area contributed by atoms with E-state index in [1.807, 2.05) is 43.3 Å². The Morgan fingerprint density at radius 1 is 1.00 bits per heavy atom. The highest BCUT2D eigenvalue weighted by Crippen LogP contribution is 2.21. The number of hydrogen-bond acceptors (Lipinski definition) is 2. The van der Waals surface area contributed by atoms with E-state index in [1.165, 1.54) is 11.1 Å². The third-order valence-electron chi connectivity index (χ3n) is 4.36. The standard InChI is InChI=1S/C22H23NO2/c1-15-8-11-21(16(2)12-15)17(3)23-22(24)14-25-20-10-9-18-6-4-5-7-19(18)13-20/h4-13,17H,14H2,1-3H3,(H,23,24)/t17-/m0/s1. The Morgan fingerprint density at radius 2 is 1.76 bits per heavy atom. The van der Waals surface area contributed by atoms with Crippen molar-refractivity contribution < 1.29 is 9.53 Å². The smallest absolute Gasteiger partial charge is 0.258 e. The SMILES string of the molecule is Cc1ccc([C@H](C)NC(=O)COc2ccc3ccccc3c2)c(C)c1. The predicted molar refractivity (Wildman–Crippen MR) is 102 cm³/mol. The third-order valence-corrected chi connectivity index (χ3v) is 4.36. The predicted octanol–water partition coefficient (Wildman–Crippen LogP) is 4.71. The molecule has 1 N–H and O–H groups in total. The Hall–Kier alpha value is -2.81. The van der Waals surface area contributed by atoms with Crippen LogP contribution in [0.4, 0.5) is 0 Å². The van der Waals surface area contributed by atoms with Crippen molar-refractivity contribution >= 4 is 16.7 Å². The van der Waals surface area contributed by atoms with Crippen molar-refractivity contribution in [2.75, 3.05) is 6.61 Å². The van der Waals surface area contributed by atoms with Crippen LogP contribution in [-0.4, -0.2) is 12.5 Å². The number of aryl methyl sites for hydroxylation is 2. The van der Waals surface area contributed by atoms with E-state index in [9.17, 15) is 4.79 Å². The van der Waals surface area contributed by atoms with Gasteiger partial charge in [0.25, 0.3) is 5.91 Å². The maximum Gasteiger partial charge on any atom is 0.258 e. The molecule has 1 amide bonds. The molecule has 3 nitrogen and oxygen atoms in total. The lowest BCUT2D eigenvalue weighted by Gasteiger charge is -2.17. The van der Waals surface area contributed by atoms with E-state index >= 15 is 0 Å². The molecule has 0 aliphatic heterocycles. The highest BCUT2D eigenvalue weighted by molar-refractivity contribution is 5.84. The molecule has 0 aliphatic carbocycles. The number of fused-ring (bicyclic) bond motifs is 1. The van der Waals surface area contributed by atoms with Gasteiger partial charge in [-0.25, -0.2) is 0 Å². The highest BCUT2D eigenvalue weighted by Gasteiger charge is 2.12. The molecule has 3 aromatic carbocycles. The lowest BCUT2D eigenvalue weighted by Crippen LogP contribution is -2.31. The molecule has 1 atom stereocenters. The first kappa shape index (κ1) is 17.0. The second kappa shape index (κ2) is 7.39. The summed E-state index contributed by atoms with van der Waals surface area (Å²) in [4.78, 5) is 12.2. The molecule has 0 saturated carbocycles. The topological polar surface area (TPSA) is 38.3 Å². The van der Waals surface area contributed by atoms with Crippen LogP contribution < -0.4 is 10.1 Å². The number of nitrogens with one attached hydrogen (secondary N) is 1. The van der Waals surface area contributed by atoms with Crippen molar-refractivity contribution in [1.29, 1.82) is 0 Å². The molecule has 3 heteroatoms. The van der Waals surface area contributed by atoms with Gasteiger partial charge in [-0.15, -0.1) is 0 Å². The molecule has 3 aromatic rings.